The van der Waals surface area contributed by atoms with Crippen LogP contribution in [0.3, 0.4) is 0 Å². The molecule has 0 bridgehead atoms. The van der Waals surface area contributed by atoms with Gasteiger partial charge in [0.05, 0.1) is 12.7 Å². The highest BCUT2D eigenvalue weighted by Crippen LogP contribution is 2.09. The zero-order chi connectivity index (χ0) is 10.4. The van der Waals surface area contributed by atoms with Crippen molar-refractivity contribution in [1.82, 2.24) is 0 Å². The van der Waals surface area contributed by atoms with Gasteiger partial charge < -0.3 is 4.74 Å². The Morgan fingerprint density at radius 3 is 2.79 bits per heavy atom. The summed E-state index contributed by atoms with van der Waals surface area (Å²) in [6.07, 6.45) is 2.10. The first-order chi connectivity index (χ1) is 6.77. The van der Waals surface area contributed by atoms with Gasteiger partial charge in [0.15, 0.2) is 0 Å². The van der Waals surface area contributed by atoms with Gasteiger partial charge in [0.1, 0.15) is 6.29 Å². The van der Waals surface area contributed by atoms with Gasteiger partial charge >= 0.3 is 0 Å². The van der Waals surface area contributed by atoms with Crippen molar-refractivity contribution in [3.05, 3.63) is 35.4 Å². The normalized spacial score (nSPS) is 12.4. The number of ether oxygens (including phenoxy) is 1. The fourth-order valence-electron chi connectivity index (χ4n) is 1.13. The van der Waals surface area contributed by atoms with Crippen molar-refractivity contribution in [3.63, 3.8) is 0 Å². The molecule has 1 aromatic carbocycles. The summed E-state index contributed by atoms with van der Waals surface area (Å²) in [6.45, 7) is 4.63. The smallest absolute Gasteiger partial charge is 0.150 e. The summed E-state index contributed by atoms with van der Waals surface area (Å²) in [5.41, 5.74) is 1.68. The molecule has 0 aliphatic carbocycles. The molecule has 0 unspecified atom stereocenters. The summed E-state index contributed by atoms with van der Waals surface area (Å²) >= 11 is 0. The Kier molecular flexibility index (Phi) is 4.33. The number of rotatable bonds is 5. The third-order valence-corrected chi connectivity index (χ3v) is 2.28. The van der Waals surface area contributed by atoms with Crippen LogP contribution in [0.4, 0.5) is 0 Å². The monoisotopic (exact) mass is 192 g/mol. The van der Waals surface area contributed by atoms with E-state index >= 15 is 0 Å². The molecule has 0 aliphatic rings. The first-order valence-corrected chi connectivity index (χ1v) is 4.92. The highest BCUT2D eigenvalue weighted by molar-refractivity contribution is 5.76. The average Bonchev–Trinajstić information content (AvgIpc) is 2.26. The summed E-state index contributed by atoms with van der Waals surface area (Å²) in [7, 11) is 0. The molecule has 2 heteroatoms. The van der Waals surface area contributed by atoms with E-state index in [2.05, 4.69) is 6.92 Å². The molecular weight excluding hydrogens is 176 g/mol. The Hall–Kier alpha value is -1.15. The Balaban J connectivity index is 2.61. The van der Waals surface area contributed by atoms with E-state index in [9.17, 15) is 4.79 Å². The Morgan fingerprint density at radius 2 is 2.14 bits per heavy atom. The van der Waals surface area contributed by atoms with Crippen LogP contribution in [-0.2, 0) is 11.3 Å². The van der Waals surface area contributed by atoms with Crippen molar-refractivity contribution in [2.24, 2.45) is 0 Å². The van der Waals surface area contributed by atoms with Crippen LogP contribution in [0, 0.1) is 0 Å². The van der Waals surface area contributed by atoms with Crippen LogP contribution < -0.4 is 0 Å². The number of carbonyl (C=O) groups excluding carboxylic acids is 1. The number of hydrogen-bond donors (Lipinski definition) is 0. The fourth-order valence-corrected chi connectivity index (χ4v) is 1.13. The van der Waals surface area contributed by atoms with Gasteiger partial charge in [0.25, 0.3) is 0 Å². The standard InChI is InChI=1S/C12H16O2/c1-3-10(2)14-9-12-7-5-4-6-11(12)8-13/h4-8,10H,3,9H2,1-2H3/t10-/m1/s1. The molecule has 0 saturated carbocycles. The van der Waals surface area contributed by atoms with E-state index in [4.69, 9.17) is 4.74 Å². The molecule has 0 heterocycles. The first-order valence-electron chi connectivity index (χ1n) is 4.92. The maximum absolute atomic E-state index is 10.7. The van der Waals surface area contributed by atoms with E-state index in [0.29, 0.717) is 6.61 Å². The lowest BCUT2D eigenvalue weighted by Crippen LogP contribution is -2.07. The van der Waals surface area contributed by atoms with Crippen molar-refractivity contribution in [2.75, 3.05) is 0 Å². The molecule has 0 aliphatic heterocycles. The third-order valence-electron chi connectivity index (χ3n) is 2.28. The maximum atomic E-state index is 10.7. The van der Waals surface area contributed by atoms with Crippen LogP contribution in [0.15, 0.2) is 24.3 Å². The van der Waals surface area contributed by atoms with Crippen LogP contribution in [0.2, 0.25) is 0 Å². The lowest BCUT2D eigenvalue weighted by atomic mass is 10.1. The Bertz CT molecular complexity index is 294. The van der Waals surface area contributed by atoms with Gasteiger partial charge in [-0.25, -0.2) is 0 Å². The minimum absolute atomic E-state index is 0.245. The number of aldehydes is 1. The fraction of sp³-hybridized carbons (Fsp3) is 0.417. The second-order valence-corrected chi connectivity index (χ2v) is 3.35. The molecule has 0 amide bonds. The molecule has 1 aromatic rings. The first kappa shape index (κ1) is 10.9. The van der Waals surface area contributed by atoms with Crippen LogP contribution in [-0.4, -0.2) is 12.4 Å². The second kappa shape index (κ2) is 5.55. The predicted octanol–water partition coefficient (Wildman–Crippen LogP) is 2.81. The number of carbonyl (C=O) groups is 1. The van der Waals surface area contributed by atoms with Crippen LogP contribution in [0.1, 0.15) is 36.2 Å². The number of benzene rings is 1. The lowest BCUT2D eigenvalue weighted by Gasteiger charge is -2.11. The van der Waals surface area contributed by atoms with Gasteiger partial charge in [-0.3, -0.25) is 4.79 Å². The molecule has 0 radical (unpaired) electrons. The van der Waals surface area contributed by atoms with Gasteiger partial charge in [0.2, 0.25) is 0 Å². The molecule has 0 spiro atoms. The van der Waals surface area contributed by atoms with E-state index in [0.717, 1.165) is 23.8 Å². The van der Waals surface area contributed by atoms with E-state index in [1.807, 2.05) is 31.2 Å². The van der Waals surface area contributed by atoms with Gasteiger partial charge in [0, 0.05) is 5.56 Å². The molecule has 0 saturated heterocycles. The van der Waals surface area contributed by atoms with Gasteiger partial charge in [-0.1, -0.05) is 31.2 Å². The predicted molar refractivity (Wildman–Crippen MR) is 56.4 cm³/mol. The highest BCUT2D eigenvalue weighted by Gasteiger charge is 2.03. The van der Waals surface area contributed by atoms with Gasteiger partial charge in [-0.2, -0.15) is 0 Å². The Labute approximate surface area is 84.9 Å². The summed E-state index contributed by atoms with van der Waals surface area (Å²) in [5, 5.41) is 0. The van der Waals surface area contributed by atoms with E-state index in [-0.39, 0.29) is 6.10 Å². The molecule has 76 valence electrons. The lowest BCUT2D eigenvalue weighted by molar-refractivity contribution is 0.0504. The van der Waals surface area contributed by atoms with Gasteiger partial charge in [-0.15, -0.1) is 0 Å². The summed E-state index contributed by atoms with van der Waals surface area (Å²) in [4.78, 5) is 10.7. The van der Waals surface area contributed by atoms with Crippen molar-refractivity contribution in [3.8, 4) is 0 Å². The van der Waals surface area contributed by atoms with Crippen molar-refractivity contribution in [1.29, 1.82) is 0 Å². The largest absolute Gasteiger partial charge is 0.374 e. The molecular formula is C12H16O2. The highest BCUT2D eigenvalue weighted by atomic mass is 16.5. The minimum Gasteiger partial charge on any atom is -0.374 e. The molecule has 0 fully saturated rings. The van der Waals surface area contributed by atoms with Crippen molar-refractivity contribution in [2.45, 2.75) is 33.0 Å². The molecule has 0 N–H and O–H groups in total. The van der Waals surface area contributed by atoms with Crippen LogP contribution in [0.25, 0.3) is 0 Å². The maximum Gasteiger partial charge on any atom is 0.150 e. The molecule has 0 aromatic heterocycles. The van der Waals surface area contributed by atoms with E-state index in [1.54, 1.807) is 0 Å². The van der Waals surface area contributed by atoms with E-state index < -0.39 is 0 Å². The van der Waals surface area contributed by atoms with E-state index in [1.165, 1.54) is 0 Å². The van der Waals surface area contributed by atoms with Gasteiger partial charge in [-0.05, 0) is 18.9 Å². The Morgan fingerprint density at radius 1 is 1.43 bits per heavy atom. The average molecular weight is 192 g/mol. The zero-order valence-electron chi connectivity index (χ0n) is 8.69. The molecule has 1 rings (SSSR count). The van der Waals surface area contributed by atoms with Crippen molar-refractivity contribution >= 4 is 6.29 Å². The second-order valence-electron chi connectivity index (χ2n) is 3.35. The number of hydrogen-bond acceptors (Lipinski definition) is 2. The minimum atomic E-state index is 0.245. The molecule has 1 atom stereocenters. The van der Waals surface area contributed by atoms with Crippen LogP contribution in [0.5, 0.6) is 0 Å². The zero-order valence-corrected chi connectivity index (χ0v) is 8.69. The SMILES string of the molecule is CC[C@@H](C)OCc1ccccc1C=O. The van der Waals surface area contributed by atoms with Crippen molar-refractivity contribution < 1.29 is 9.53 Å². The molecule has 2 nitrogen and oxygen atoms in total. The third kappa shape index (κ3) is 2.96. The summed E-state index contributed by atoms with van der Waals surface area (Å²) in [6, 6.07) is 7.51. The topological polar surface area (TPSA) is 26.3 Å². The quantitative estimate of drug-likeness (QED) is 0.670. The van der Waals surface area contributed by atoms with Crippen LogP contribution >= 0.6 is 0 Å². The molecule has 14 heavy (non-hydrogen) atoms. The summed E-state index contributed by atoms with van der Waals surface area (Å²) in [5.74, 6) is 0. The summed E-state index contributed by atoms with van der Waals surface area (Å²) < 4.78 is 5.56.